The third-order valence-corrected chi connectivity index (χ3v) is 5.05. The molecule has 1 amide bonds. The third kappa shape index (κ3) is 4.83. The topological polar surface area (TPSA) is 72.7 Å². The highest BCUT2D eigenvalue weighted by Crippen LogP contribution is 2.24. The fraction of sp³-hybridized carbons (Fsp3) is 0.200. The van der Waals surface area contributed by atoms with Crippen molar-refractivity contribution >= 4 is 17.7 Å². The Balaban J connectivity index is 1.68. The van der Waals surface area contributed by atoms with Gasteiger partial charge in [-0.25, -0.2) is 0 Å². The second kappa shape index (κ2) is 9.14. The van der Waals surface area contributed by atoms with Crippen LogP contribution >= 0.6 is 11.8 Å². The predicted octanol–water partition coefficient (Wildman–Crippen LogP) is 3.39. The summed E-state index contributed by atoms with van der Waals surface area (Å²) in [4.78, 5) is 16.6. The lowest BCUT2D eigenvalue weighted by Crippen LogP contribution is -2.23. The normalized spacial score (nSPS) is 10.6. The molecule has 27 heavy (non-hydrogen) atoms. The fourth-order valence-corrected chi connectivity index (χ4v) is 3.59. The smallest absolute Gasteiger partial charge is 0.251 e. The van der Waals surface area contributed by atoms with Crippen molar-refractivity contribution in [2.24, 2.45) is 0 Å². The van der Waals surface area contributed by atoms with E-state index in [2.05, 4.69) is 27.1 Å². The van der Waals surface area contributed by atoms with E-state index >= 15 is 0 Å². The summed E-state index contributed by atoms with van der Waals surface area (Å²) in [6.45, 7) is 6.82. The van der Waals surface area contributed by atoms with Crippen molar-refractivity contribution in [2.45, 2.75) is 30.9 Å². The minimum atomic E-state index is -0.0910. The van der Waals surface area contributed by atoms with Gasteiger partial charge < -0.3 is 9.88 Å². The number of benzene rings is 1. The van der Waals surface area contributed by atoms with Gasteiger partial charge in [-0.1, -0.05) is 36.0 Å². The Bertz CT molecular complexity index is 923. The Kier molecular flexibility index (Phi) is 6.38. The summed E-state index contributed by atoms with van der Waals surface area (Å²) in [5, 5.41) is 12.1. The molecule has 1 N–H and O–H groups in total. The molecule has 1 aromatic carbocycles. The molecular weight excluding hydrogens is 358 g/mol. The molecule has 0 spiro atoms. The summed E-state index contributed by atoms with van der Waals surface area (Å²) in [7, 11) is 0. The zero-order valence-electron chi connectivity index (χ0n) is 15.1. The largest absolute Gasteiger partial charge is 0.348 e. The minimum absolute atomic E-state index is 0.0910. The van der Waals surface area contributed by atoms with Crippen LogP contribution in [0.15, 0.2) is 66.6 Å². The highest BCUT2D eigenvalue weighted by Gasteiger charge is 2.13. The van der Waals surface area contributed by atoms with Gasteiger partial charge in [-0.2, -0.15) is 0 Å². The molecule has 7 heteroatoms. The standard InChI is InChI=1S/C20H21N5OS/c1-3-12-25-15(2)23-24-20(25)27-14-17-6-4-5-7-18(17)19(26)22-13-16-8-10-21-11-9-16/h3-11H,1,12-14H2,2H3,(H,22,26). The maximum absolute atomic E-state index is 12.6. The Morgan fingerprint density at radius 2 is 2.00 bits per heavy atom. The number of pyridine rings is 1. The molecule has 2 heterocycles. The highest BCUT2D eigenvalue weighted by molar-refractivity contribution is 7.98. The SMILES string of the molecule is C=CCn1c(C)nnc1SCc1ccccc1C(=O)NCc1ccncc1. The number of nitrogens with one attached hydrogen (secondary N) is 1. The molecule has 0 aliphatic carbocycles. The molecular formula is C20H21N5OS. The number of carbonyl (C=O) groups excluding carboxylic acids is 1. The lowest BCUT2D eigenvalue weighted by molar-refractivity contribution is 0.0950. The number of allylic oxidation sites excluding steroid dienone is 1. The monoisotopic (exact) mass is 379 g/mol. The number of thioether (sulfide) groups is 1. The summed E-state index contributed by atoms with van der Waals surface area (Å²) in [6.07, 6.45) is 5.25. The van der Waals surface area contributed by atoms with Gasteiger partial charge >= 0.3 is 0 Å². The number of aryl methyl sites for hydroxylation is 1. The van der Waals surface area contributed by atoms with E-state index in [1.807, 2.05) is 54.0 Å². The first-order chi connectivity index (χ1) is 13.2. The number of hydrogen-bond acceptors (Lipinski definition) is 5. The average Bonchev–Trinajstić information content (AvgIpc) is 3.05. The average molecular weight is 379 g/mol. The zero-order chi connectivity index (χ0) is 19.1. The van der Waals surface area contributed by atoms with E-state index in [4.69, 9.17) is 0 Å². The van der Waals surface area contributed by atoms with Gasteiger partial charge in [0.15, 0.2) is 5.16 Å². The van der Waals surface area contributed by atoms with Gasteiger partial charge in [0.2, 0.25) is 0 Å². The van der Waals surface area contributed by atoms with Crippen molar-refractivity contribution in [1.82, 2.24) is 25.1 Å². The van der Waals surface area contributed by atoms with Crippen LogP contribution in [0.25, 0.3) is 0 Å². The summed E-state index contributed by atoms with van der Waals surface area (Å²) in [5.41, 5.74) is 2.64. The number of amides is 1. The maximum Gasteiger partial charge on any atom is 0.251 e. The Morgan fingerprint density at radius 3 is 2.78 bits per heavy atom. The fourth-order valence-electron chi connectivity index (χ4n) is 2.60. The van der Waals surface area contributed by atoms with Gasteiger partial charge in [0.05, 0.1) is 0 Å². The molecule has 0 atom stereocenters. The molecule has 3 rings (SSSR count). The third-order valence-electron chi connectivity index (χ3n) is 4.03. The van der Waals surface area contributed by atoms with Gasteiger partial charge in [-0.05, 0) is 36.2 Å². The number of nitrogens with zero attached hydrogens (tertiary/aromatic N) is 4. The molecule has 0 radical (unpaired) electrons. The summed E-state index contributed by atoms with van der Waals surface area (Å²) in [6, 6.07) is 11.4. The van der Waals surface area contributed by atoms with E-state index in [1.54, 1.807) is 24.2 Å². The van der Waals surface area contributed by atoms with Crippen LogP contribution in [-0.4, -0.2) is 25.7 Å². The Labute approximate surface area is 162 Å². The van der Waals surface area contributed by atoms with Gasteiger partial charge in [0.25, 0.3) is 5.91 Å². The molecule has 0 aliphatic rings. The van der Waals surface area contributed by atoms with E-state index in [0.29, 0.717) is 24.4 Å². The molecule has 0 saturated heterocycles. The van der Waals surface area contributed by atoms with Crippen LogP contribution < -0.4 is 5.32 Å². The first kappa shape index (κ1) is 18.8. The Hall–Kier alpha value is -2.93. The van der Waals surface area contributed by atoms with E-state index < -0.39 is 0 Å². The van der Waals surface area contributed by atoms with Gasteiger partial charge in [-0.3, -0.25) is 9.78 Å². The molecule has 0 unspecified atom stereocenters. The Morgan fingerprint density at radius 1 is 1.22 bits per heavy atom. The van der Waals surface area contributed by atoms with E-state index in [-0.39, 0.29) is 5.91 Å². The lowest BCUT2D eigenvalue weighted by Gasteiger charge is -2.10. The van der Waals surface area contributed by atoms with Crippen molar-refractivity contribution in [1.29, 1.82) is 0 Å². The first-order valence-corrected chi connectivity index (χ1v) is 9.56. The van der Waals surface area contributed by atoms with Crippen molar-refractivity contribution in [2.75, 3.05) is 0 Å². The highest BCUT2D eigenvalue weighted by atomic mass is 32.2. The lowest BCUT2D eigenvalue weighted by atomic mass is 10.1. The predicted molar refractivity (Wildman–Crippen MR) is 106 cm³/mol. The van der Waals surface area contributed by atoms with E-state index in [1.165, 1.54) is 0 Å². The molecule has 138 valence electrons. The van der Waals surface area contributed by atoms with Crippen molar-refractivity contribution in [3.05, 3.63) is 84.0 Å². The molecule has 0 bridgehead atoms. The number of carbonyl (C=O) groups is 1. The van der Waals surface area contributed by atoms with Crippen molar-refractivity contribution in [3.8, 4) is 0 Å². The van der Waals surface area contributed by atoms with Crippen LogP contribution in [0.2, 0.25) is 0 Å². The summed E-state index contributed by atoms with van der Waals surface area (Å²) < 4.78 is 2.00. The van der Waals surface area contributed by atoms with Gasteiger partial charge in [0.1, 0.15) is 5.82 Å². The molecule has 0 aliphatic heterocycles. The van der Waals surface area contributed by atoms with E-state index in [0.717, 1.165) is 22.1 Å². The molecule has 6 nitrogen and oxygen atoms in total. The van der Waals surface area contributed by atoms with Crippen LogP contribution in [0.1, 0.15) is 27.3 Å². The second-order valence-electron chi connectivity index (χ2n) is 5.91. The van der Waals surface area contributed by atoms with Crippen LogP contribution in [-0.2, 0) is 18.8 Å². The van der Waals surface area contributed by atoms with Crippen LogP contribution in [0.5, 0.6) is 0 Å². The summed E-state index contributed by atoms with van der Waals surface area (Å²) >= 11 is 1.56. The van der Waals surface area contributed by atoms with Crippen LogP contribution in [0.3, 0.4) is 0 Å². The molecule has 0 fully saturated rings. The van der Waals surface area contributed by atoms with Crippen LogP contribution in [0, 0.1) is 6.92 Å². The molecule has 2 aromatic heterocycles. The van der Waals surface area contributed by atoms with Crippen LogP contribution in [0.4, 0.5) is 0 Å². The minimum Gasteiger partial charge on any atom is -0.348 e. The van der Waals surface area contributed by atoms with Crippen molar-refractivity contribution in [3.63, 3.8) is 0 Å². The first-order valence-electron chi connectivity index (χ1n) is 8.57. The second-order valence-corrected chi connectivity index (χ2v) is 6.86. The maximum atomic E-state index is 12.6. The number of aromatic nitrogens is 4. The quantitative estimate of drug-likeness (QED) is 0.480. The summed E-state index contributed by atoms with van der Waals surface area (Å²) in [5.74, 6) is 1.39. The van der Waals surface area contributed by atoms with Gasteiger partial charge in [0, 0.05) is 36.8 Å². The zero-order valence-corrected chi connectivity index (χ0v) is 15.9. The van der Waals surface area contributed by atoms with Gasteiger partial charge in [-0.15, -0.1) is 16.8 Å². The van der Waals surface area contributed by atoms with Crippen molar-refractivity contribution < 1.29 is 4.79 Å². The number of rotatable bonds is 8. The van der Waals surface area contributed by atoms with E-state index in [9.17, 15) is 4.79 Å². The molecule has 3 aromatic rings. The molecule has 0 saturated carbocycles. The number of hydrogen-bond donors (Lipinski definition) is 1.